The predicted molar refractivity (Wildman–Crippen MR) is 146 cm³/mol. The summed E-state index contributed by atoms with van der Waals surface area (Å²) in [6, 6.07) is 22.5. The third kappa shape index (κ3) is 4.50. The van der Waals surface area contributed by atoms with Crippen LogP contribution in [0.3, 0.4) is 0 Å². The summed E-state index contributed by atoms with van der Waals surface area (Å²) in [5.41, 5.74) is 1.73. The second-order valence-corrected chi connectivity index (χ2v) is 9.61. The van der Waals surface area contributed by atoms with Crippen molar-refractivity contribution in [2.24, 2.45) is 0 Å². The molecule has 1 amide bonds. The van der Waals surface area contributed by atoms with Crippen LogP contribution in [0.1, 0.15) is 22.0 Å². The van der Waals surface area contributed by atoms with E-state index in [-0.39, 0.29) is 16.9 Å². The van der Waals surface area contributed by atoms with Crippen LogP contribution in [0.15, 0.2) is 89.8 Å². The van der Waals surface area contributed by atoms with Gasteiger partial charge in [0.2, 0.25) is 0 Å². The van der Waals surface area contributed by atoms with Crippen molar-refractivity contribution in [2.75, 3.05) is 19.1 Å². The molecule has 2 heterocycles. The van der Waals surface area contributed by atoms with E-state index in [0.29, 0.717) is 28.7 Å². The lowest BCUT2D eigenvalue weighted by Crippen LogP contribution is -2.29. The number of carbonyl (C=O) groups excluding carboxylic acids is 2. The molecule has 1 aliphatic heterocycles. The number of hydrogen-bond acceptors (Lipinski definition) is 7. The zero-order valence-corrected chi connectivity index (χ0v) is 21.8. The number of aryl methyl sites for hydroxylation is 1. The SMILES string of the molecule is COc1cccc(OC)c1/C(O)=C1\C(=O)C(=O)N(c2ccc(Oc3cccc(C)c3)cc2)C1c1cccs1. The van der Waals surface area contributed by atoms with Crippen molar-refractivity contribution in [3.8, 4) is 23.0 Å². The van der Waals surface area contributed by atoms with Crippen LogP contribution in [0, 0.1) is 6.92 Å². The Labute approximate surface area is 224 Å². The molecule has 4 aromatic rings. The fourth-order valence-electron chi connectivity index (χ4n) is 4.52. The number of thiophene rings is 1. The van der Waals surface area contributed by atoms with Gasteiger partial charge in [-0.1, -0.05) is 24.3 Å². The molecule has 1 saturated heterocycles. The number of aliphatic hydroxyl groups is 1. The van der Waals surface area contributed by atoms with Gasteiger partial charge in [-0.05, 0) is 72.5 Å². The van der Waals surface area contributed by atoms with Crippen LogP contribution in [0.4, 0.5) is 5.69 Å². The van der Waals surface area contributed by atoms with Gasteiger partial charge < -0.3 is 19.3 Å². The zero-order valence-electron chi connectivity index (χ0n) is 21.0. The first-order valence-electron chi connectivity index (χ1n) is 11.8. The Bertz CT molecular complexity index is 1500. The van der Waals surface area contributed by atoms with Gasteiger partial charge in [-0.15, -0.1) is 11.3 Å². The molecule has 1 unspecified atom stereocenters. The summed E-state index contributed by atoms with van der Waals surface area (Å²) in [7, 11) is 2.92. The van der Waals surface area contributed by atoms with Crippen molar-refractivity contribution in [1.29, 1.82) is 0 Å². The third-order valence-electron chi connectivity index (χ3n) is 6.26. The molecule has 0 spiro atoms. The van der Waals surface area contributed by atoms with Crippen molar-refractivity contribution < 1.29 is 28.9 Å². The van der Waals surface area contributed by atoms with Crippen molar-refractivity contribution in [3.63, 3.8) is 0 Å². The number of ketones is 1. The van der Waals surface area contributed by atoms with E-state index in [1.165, 1.54) is 30.5 Å². The highest BCUT2D eigenvalue weighted by molar-refractivity contribution is 7.10. The Kier molecular flexibility index (Phi) is 6.89. The lowest BCUT2D eigenvalue weighted by molar-refractivity contribution is -0.132. The average molecular weight is 528 g/mol. The van der Waals surface area contributed by atoms with E-state index in [0.717, 1.165) is 10.4 Å². The number of ether oxygens (including phenoxy) is 3. The van der Waals surface area contributed by atoms with E-state index in [2.05, 4.69) is 0 Å². The molecule has 1 aromatic heterocycles. The number of hydrogen-bond donors (Lipinski definition) is 1. The van der Waals surface area contributed by atoms with E-state index < -0.39 is 17.7 Å². The molecule has 3 aromatic carbocycles. The van der Waals surface area contributed by atoms with E-state index in [1.54, 1.807) is 42.5 Å². The molecule has 0 aliphatic carbocycles. The standard InChI is InChI=1S/C30H25NO6S/c1-18-7-4-8-21(17-18)37-20-14-12-19(13-15-20)31-27(24-11-6-16-38-24)26(29(33)30(31)34)28(32)25-22(35-2)9-5-10-23(25)36-3/h4-17,27,32H,1-3H3/b28-26+. The maximum absolute atomic E-state index is 13.4. The maximum Gasteiger partial charge on any atom is 0.300 e. The second-order valence-electron chi connectivity index (χ2n) is 8.63. The summed E-state index contributed by atoms with van der Waals surface area (Å²) in [5.74, 6) is 0.00854. The molecule has 1 fully saturated rings. The van der Waals surface area contributed by atoms with Gasteiger partial charge in [-0.25, -0.2) is 0 Å². The van der Waals surface area contributed by atoms with E-state index in [4.69, 9.17) is 14.2 Å². The molecule has 192 valence electrons. The summed E-state index contributed by atoms with van der Waals surface area (Å²) in [6.07, 6.45) is 0. The molecular weight excluding hydrogens is 502 g/mol. The van der Waals surface area contributed by atoms with Gasteiger partial charge in [0.1, 0.15) is 40.4 Å². The van der Waals surface area contributed by atoms with Crippen LogP contribution in [-0.4, -0.2) is 31.0 Å². The molecule has 8 heteroatoms. The molecule has 5 rings (SSSR count). The molecule has 0 bridgehead atoms. The number of amides is 1. The fourth-order valence-corrected chi connectivity index (χ4v) is 5.35. The highest BCUT2D eigenvalue weighted by Gasteiger charge is 2.48. The first kappa shape index (κ1) is 25.1. The molecule has 0 saturated carbocycles. The van der Waals surface area contributed by atoms with Gasteiger partial charge in [0.15, 0.2) is 0 Å². The molecule has 1 N–H and O–H groups in total. The number of anilines is 1. The Hall–Kier alpha value is -4.56. The number of Topliss-reactive ketones (excluding diaryl/α,β-unsaturated/α-hetero) is 1. The monoisotopic (exact) mass is 527 g/mol. The largest absolute Gasteiger partial charge is 0.506 e. The van der Waals surface area contributed by atoms with Gasteiger partial charge in [0.25, 0.3) is 11.7 Å². The zero-order chi connectivity index (χ0) is 26.8. The van der Waals surface area contributed by atoms with Gasteiger partial charge >= 0.3 is 0 Å². The van der Waals surface area contributed by atoms with Gasteiger partial charge in [-0.2, -0.15) is 0 Å². The highest BCUT2D eigenvalue weighted by Crippen LogP contribution is 2.46. The molecule has 7 nitrogen and oxygen atoms in total. The minimum absolute atomic E-state index is 0.0414. The number of benzene rings is 3. The van der Waals surface area contributed by atoms with Gasteiger partial charge in [0, 0.05) is 10.6 Å². The number of methoxy groups -OCH3 is 2. The van der Waals surface area contributed by atoms with E-state index in [9.17, 15) is 14.7 Å². The predicted octanol–water partition coefficient (Wildman–Crippen LogP) is 6.49. The Balaban J connectivity index is 1.59. The summed E-state index contributed by atoms with van der Waals surface area (Å²) in [4.78, 5) is 29.0. The van der Waals surface area contributed by atoms with Crippen LogP contribution in [0.25, 0.3) is 5.76 Å². The lowest BCUT2D eigenvalue weighted by atomic mass is 9.98. The minimum atomic E-state index is -0.840. The minimum Gasteiger partial charge on any atom is -0.506 e. The van der Waals surface area contributed by atoms with Crippen molar-refractivity contribution in [1.82, 2.24) is 0 Å². The molecule has 1 aliphatic rings. The second kappa shape index (κ2) is 10.4. The van der Waals surface area contributed by atoms with Gasteiger partial charge in [-0.3, -0.25) is 14.5 Å². The molecule has 0 radical (unpaired) electrons. The topological polar surface area (TPSA) is 85.3 Å². The molecular formula is C30H25NO6S. The number of aliphatic hydroxyl groups excluding tert-OH is 1. The van der Waals surface area contributed by atoms with Crippen LogP contribution < -0.4 is 19.1 Å². The normalized spacial score (nSPS) is 16.5. The summed E-state index contributed by atoms with van der Waals surface area (Å²) in [6.45, 7) is 1.98. The summed E-state index contributed by atoms with van der Waals surface area (Å²) < 4.78 is 16.8. The Morgan fingerprint density at radius 2 is 1.55 bits per heavy atom. The number of rotatable bonds is 7. The van der Waals surface area contributed by atoms with E-state index in [1.807, 2.05) is 48.7 Å². The third-order valence-corrected chi connectivity index (χ3v) is 7.19. The van der Waals surface area contributed by atoms with Crippen LogP contribution in [-0.2, 0) is 9.59 Å². The van der Waals surface area contributed by atoms with Crippen LogP contribution in [0.5, 0.6) is 23.0 Å². The quantitative estimate of drug-likeness (QED) is 0.168. The Morgan fingerprint density at radius 3 is 2.16 bits per heavy atom. The highest BCUT2D eigenvalue weighted by atomic mass is 32.1. The summed E-state index contributed by atoms with van der Waals surface area (Å²) >= 11 is 1.39. The fraction of sp³-hybridized carbons (Fsp3) is 0.133. The van der Waals surface area contributed by atoms with Crippen LogP contribution >= 0.6 is 11.3 Å². The first-order valence-corrected chi connectivity index (χ1v) is 12.7. The lowest BCUT2D eigenvalue weighted by Gasteiger charge is -2.24. The smallest absolute Gasteiger partial charge is 0.300 e. The molecule has 1 atom stereocenters. The maximum atomic E-state index is 13.4. The number of carbonyl (C=O) groups is 2. The van der Waals surface area contributed by atoms with Crippen molar-refractivity contribution >= 4 is 34.5 Å². The summed E-state index contributed by atoms with van der Waals surface area (Å²) in [5, 5.41) is 13.4. The Morgan fingerprint density at radius 1 is 0.868 bits per heavy atom. The average Bonchev–Trinajstić information content (AvgIpc) is 3.55. The van der Waals surface area contributed by atoms with Crippen molar-refractivity contribution in [2.45, 2.75) is 13.0 Å². The van der Waals surface area contributed by atoms with E-state index >= 15 is 0 Å². The van der Waals surface area contributed by atoms with Gasteiger partial charge in [0.05, 0.1) is 19.8 Å². The van der Waals surface area contributed by atoms with Crippen molar-refractivity contribution in [3.05, 3.63) is 106 Å². The molecule has 38 heavy (non-hydrogen) atoms. The van der Waals surface area contributed by atoms with Crippen LogP contribution in [0.2, 0.25) is 0 Å². The number of nitrogens with zero attached hydrogens (tertiary/aromatic N) is 1. The first-order chi connectivity index (χ1) is 18.4.